The monoisotopic (exact) mass is 241 g/mol. The Balaban J connectivity index is 4.12. The minimum absolute atomic E-state index is 0.143. The first-order chi connectivity index (χ1) is 8.11. The quantitative estimate of drug-likeness (QED) is 0.481. The second-order valence-corrected chi connectivity index (χ2v) is 4.04. The van der Waals surface area contributed by atoms with Crippen LogP contribution >= 0.6 is 0 Å². The molecule has 1 unspecified atom stereocenters. The topological polar surface area (TPSA) is 66.4 Å². The van der Waals surface area contributed by atoms with Gasteiger partial charge in [0.1, 0.15) is 0 Å². The molecule has 1 atom stereocenters. The fraction of sp³-hybridized carbons (Fsp3) is 0.692. The van der Waals surface area contributed by atoms with E-state index in [0.717, 1.165) is 25.7 Å². The van der Waals surface area contributed by atoms with Crippen molar-refractivity contribution in [3.05, 3.63) is 12.2 Å². The van der Waals surface area contributed by atoms with E-state index in [2.05, 4.69) is 12.2 Å². The van der Waals surface area contributed by atoms with E-state index >= 15 is 0 Å². The van der Waals surface area contributed by atoms with Crippen molar-refractivity contribution in [3.63, 3.8) is 0 Å². The molecule has 0 rings (SSSR count). The van der Waals surface area contributed by atoms with E-state index in [9.17, 15) is 9.59 Å². The molecule has 17 heavy (non-hydrogen) atoms. The van der Waals surface area contributed by atoms with Gasteiger partial charge < -0.3 is 10.4 Å². The van der Waals surface area contributed by atoms with Gasteiger partial charge in [0.25, 0.3) is 0 Å². The molecule has 0 spiro atoms. The van der Waals surface area contributed by atoms with Crippen LogP contribution in [0.15, 0.2) is 12.2 Å². The summed E-state index contributed by atoms with van der Waals surface area (Å²) in [6.07, 6.45) is 7.30. The average molecular weight is 241 g/mol. The zero-order valence-corrected chi connectivity index (χ0v) is 10.7. The van der Waals surface area contributed by atoms with Crippen LogP contribution in [0.25, 0.3) is 0 Å². The van der Waals surface area contributed by atoms with Crippen molar-refractivity contribution in [1.82, 2.24) is 5.32 Å². The summed E-state index contributed by atoms with van der Waals surface area (Å²) in [5, 5.41) is 11.5. The summed E-state index contributed by atoms with van der Waals surface area (Å²) in [5.74, 6) is -1.68. The lowest BCUT2D eigenvalue weighted by Crippen LogP contribution is -2.31. The van der Waals surface area contributed by atoms with Gasteiger partial charge in [-0.25, -0.2) is 0 Å². The van der Waals surface area contributed by atoms with Crippen molar-refractivity contribution in [2.45, 2.75) is 46.0 Å². The smallest absolute Gasteiger partial charge is 0.304 e. The van der Waals surface area contributed by atoms with Crippen molar-refractivity contribution in [2.75, 3.05) is 6.54 Å². The van der Waals surface area contributed by atoms with Crippen LogP contribution in [0.1, 0.15) is 46.0 Å². The predicted molar refractivity (Wildman–Crippen MR) is 67.7 cm³/mol. The lowest BCUT2D eigenvalue weighted by atomic mass is 10.0. The highest BCUT2D eigenvalue weighted by Gasteiger charge is 2.17. The van der Waals surface area contributed by atoms with Gasteiger partial charge in [0.15, 0.2) is 0 Å². The highest BCUT2D eigenvalue weighted by molar-refractivity contribution is 5.84. The fourth-order valence-electron chi connectivity index (χ4n) is 1.45. The molecule has 4 heteroatoms. The summed E-state index contributed by atoms with van der Waals surface area (Å²) in [7, 11) is 0. The number of hydrogen-bond acceptors (Lipinski definition) is 2. The Morgan fingerprint density at radius 3 is 2.53 bits per heavy atom. The number of aliphatic carboxylic acids is 1. The molecule has 0 aromatic carbocycles. The lowest BCUT2D eigenvalue weighted by molar-refractivity contribution is -0.140. The first-order valence-corrected chi connectivity index (χ1v) is 6.28. The highest BCUT2D eigenvalue weighted by Crippen LogP contribution is 2.06. The molecular formula is C13H23NO3. The number of nitrogens with one attached hydrogen (secondary N) is 1. The molecule has 0 saturated carbocycles. The van der Waals surface area contributed by atoms with E-state index in [-0.39, 0.29) is 12.3 Å². The van der Waals surface area contributed by atoms with Crippen LogP contribution in [-0.2, 0) is 9.59 Å². The van der Waals surface area contributed by atoms with E-state index in [1.165, 1.54) is 0 Å². The number of rotatable bonds is 9. The van der Waals surface area contributed by atoms with Gasteiger partial charge >= 0.3 is 5.97 Å². The van der Waals surface area contributed by atoms with Gasteiger partial charge in [-0.1, -0.05) is 38.8 Å². The third-order valence-electron chi connectivity index (χ3n) is 2.41. The highest BCUT2D eigenvalue weighted by atomic mass is 16.4. The number of amides is 1. The van der Waals surface area contributed by atoms with Gasteiger partial charge in [0.05, 0.1) is 12.3 Å². The average Bonchev–Trinajstić information content (AvgIpc) is 2.29. The van der Waals surface area contributed by atoms with Crippen LogP contribution < -0.4 is 5.32 Å². The first kappa shape index (κ1) is 15.7. The van der Waals surface area contributed by atoms with Crippen LogP contribution in [0.3, 0.4) is 0 Å². The van der Waals surface area contributed by atoms with E-state index in [1.807, 2.05) is 13.0 Å². The molecule has 0 saturated heterocycles. The summed E-state index contributed by atoms with van der Waals surface area (Å²) < 4.78 is 0. The standard InChI is InChI=1S/C13H23NO3/c1-3-5-7-9-14-13(17)11(8-6-4-2)10-12(15)16/h6,8,11H,3-5,7,9-10H2,1-2H3,(H,14,17)(H,15,16). The Morgan fingerprint density at radius 1 is 1.29 bits per heavy atom. The van der Waals surface area contributed by atoms with Crippen LogP contribution in [0.5, 0.6) is 0 Å². The van der Waals surface area contributed by atoms with Crippen LogP contribution in [-0.4, -0.2) is 23.5 Å². The number of hydrogen-bond donors (Lipinski definition) is 2. The maximum atomic E-state index is 11.7. The number of carboxylic acids is 1. The van der Waals surface area contributed by atoms with Crippen molar-refractivity contribution in [2.24, 2.45) is 5.92 Å². The summed E-state index contributed by atoms with van der Waals surface area (Å²) in [5.41, 5.74) is 0. The summed E-state index contributed by atoms with van der Waals surface area (Å²) in [4.78, 5) is 22.4. The normalized spacial score (nSPS) is 12.6. The van der Waals surface area contributed by atoms with E-state index < -0.39 is 11.9 Å². The van der Waals surface area contributed by atoms with Gasteiger partial charge in [-0.2, -0.15) is 0 Å². The number of carboxylic acid groups (broad SMARTS) is 1. The second-order valence-electron chi connectivity index (χ2n) is 4.04. The molecule has 0 aliphatic rings. The van der Waals surface area contributed by atoms with Crippen LogP contribution in [0.4, 0.5) is 0 Å². The number of carbonyl (C=O) groups excluding carboxylic acids is 1. The molecule has 1 amide bonds. The van der Waals surface area contributed by atoms with Crippen molar-refractivity contribution in [1.29, 1.82) is 0 Å². The Kier molecular flexibility index (Phi) is 9.11. The molecular weight excluding hydrogens is 218 g/mol. The summed E-state index contributed by atoms with van der Waals surface area (Å²) in [6.45, 7) is 4.68. The Morgan fingerprint density at radius 2 is 2.00 bits per heavy atom. The summed E-state index contributed by atoms with van der Waals surface area (Å²) >= 11 is 0. The van der Waals surface area contributed by atoms with Crippen molar-refractivity contribution >= 4 is 11.9 Å². The SMILES string of the molecule is CCC=CC(CC(=O)O)C(=O)NCCCCC. The zero-order chi connectivity index (χ0) is 13.1. The minimum Gasteiger partial charge on any atom is -0.481 e. The molecule has 0 radical (unpaired) electrons. The molecule has 4 nitrogen and oxygen atoms in total. The van der Waals surface area contributed by atoms with Gasteiger partial charge in [-0.3, -0.25) is 9.59 Å². The molecule has 2 N–H and O–H groups in total. The maximum Gasteiger partial charge on any atom is 0.304 e. The zero-order valence-electron chi connectivity index (χ0n) is 10.7. The van der Waals surface area contributed by atoms with Gasteiger partial charge in [0.2, 0.25) is 5.91 Å². The largest absolute Gasteiger partial charge is 0.481 e. The number of unbranched alkanes of at least 4 members (excludes halogenated alkanes) is 2. The number of allylic oxidation sites excluding steroid dienone is 1. The van der Waals surface area contributed by atoms with E-state index in [4.69, 9.17) is 5.11 Å². The van der Waals surface area contributed by atoms with Gasteiger partial charge in [-0.05, 0) is 12.8 Å². The third-order valence-corrected chi connectivity index (χ3v) is 2.41. The maximum absolute atomic E-state index is 11.7. The molecule has 0 heterocycles. The Hall–Kier alpha value is -1.32. The summed E-state index contributed by atoms with van der Waals surface area (Å²) in [6, 6.07) is 0. The first-order valence-electron chi connectivity index (χ1n) is 6.28. The Bertz CT molecular complexity index is 261. The molecule has 98 valence electrons. The molecule has 0 bridgehead atoms. The van der Waals surface area contributed by atoms with E-state index in [0.29, 0.717) is 6.54 Å². The van der Waals surface area contributed by atoms with Crippen LogP contribution in [0, 0.1) is 5.92 Å². The second kappa shape index (κ2) is 9.87. The minimum atomic E-state index is -0.945. The molecule has 0 aromatic heterocycles. The van der Waals surface area contributed by atoms with Gasteiger partial charge in [-0.15, -0.1) is 0 Å². The number of carbonyl (C=O) groups is 2. The van der Waals surface area contributed by atoms with Crippen molar-refractivity contribution < 1.29 is 14.7 Å². The lowest BCUT2D eigenvalue weighted by Gasteiger charge is -2.11. The fourth-order valence-corrected chi connectivity index (χ4v) is 1.45. The van der Waals surface area contributed by atoms with E-state index in [1.54, 1.807) is 6.08 Å². The predicted octanol–water partition coefficient (Wildman–Crippen LogP) is 2.35. The molecule has 0 aliphatic heterocycles. The molecule has 0 fully saturated rings. The van der Waals surface area contributed by atoms with Gasteiger partial charge in [0, 0.05) is 6.54 Å². The van der Waals surface area contributed by atoms with Crippen LogP contribution in [0.2, 0.25) is 0 Å². The third kappa shape index (κ3) is 8.48. The molecule has 0 aliphatic carbocycles. The van der Waals surface area contributed by atoms with Crippen molar-refractivity contribution in [3.8, 4) is 0 Å². The molecule has 0 aromatic rings. The Labute approximate surface area is 103 Å².